The van der Waals surface area contributed by atoms with E-state index >= 15 is 0 Å². The van der Waals surface area contributed by atoms with Gasteiger partial charge in [-0.3, -0.25) is 9.59 Å². The lowest BCUT2D eigenvalue weighted by Crippen LogP contribution is -2.35. The van der Waals surface area contributed by atoms with E-state index in [1.807, 2.05) is 39.0 Å². The maximum atomic E-state index is 12.9. The van der Waals surface area contributed by atoms with E-state index in [9.17, 15) is 18.0 Å². The van der Waals surface area contributed by atoms with Crippen LogP contribution in [0.1, 0.15) is 39.2 Å². The average Bonchev–Trinajstić information content (AvgIpc) is 3.35. The average molecular weight is 502 g/mol. The zero-order chi connectivity index (χ0) is 24.5. The van der Waals surface area contributed by atoms with Gasteiger partial charge in [0.25, 0.3) is 0 Å². The van der Waals surface area contributed by atoms with Crippen LogP contribution in [0.25, 0.3) is 10.2 Å². The first kappa shape index (κ1) is 24.2. The molecule has 1 atom stereocenters. The molecule has 3 aromatic rings. The van der Waals surface area contributed by atoms with Crippen LogP contribution in [0.4, 0.5) is 10.8 Å². The normalized spacial score (nSPS) is 15.4. The third kappa shape index (κ3) is 4.92. The summed E-state index contributed by atoms with van der Waals surface area (Å²) in [6, 6.07) is 10.3. The molecule has 4 rings (SSSR count). The quantitative estimate of drug-likeness (QED) is 0.496. The summed E-state index contributed by atoms with van der Waals surface area (Å²) < 4.78 is 32.1. The van der Waals surface area contributed by atoms with Crippen molar-refractivity contribution in [1.29, 1.82) is 0 Å². The number of aromatic nitrogens is 1. The molecule has 1 aliphatic rings. The fourth-order valence-electron chi connectivity index (χ4n) is 4.09. The monoisotopic (exact) mass is 501 g/mol. The zero-order valence-corrected chi connectivity index (χ0v) is 21.0. The Bertz CT molecular complexity index is 1350. The Balaban J connectivity index is 1.41. The SMILES string of the molecule is CCOc1ccc2nc(NC(=O)CCS(=O)(=O)c3ccc4c(c3)C[C@H](C)N4C(=O)CC)sc2c1. The van der Waals surface area contributed by atoms with E-state index in [-0.39, 0.29) is 29.0 Å². The molecule has 2 amide bonds. The van der Waals surface area contributed by atoms with Crippen LogP contribution in [0.5, 0.6) is 5.75 Å². The number of thiazole rings is 1. The Morgan fingerprint density at radius 2 is 2.00 bits per heavy atom. The smallest absolute Gasteiger partial charge is 0.227 e. The van der Waals surface area contributed by atoms with Crippen molar-refractivity contribution < 1.29 is 22.7 Å². The Kier molecular flexibility index (Phi) is 6.90. The minimum Gasteiger partial charge on any atom is -0.494 e. The summed E-state index contributed by atoms with van der Waals surface area (Å²) in [4.78, 5) is 31.0. The topological polar surface area (TPSA) is 106 Å². The van der Waals surface area contributed by atoms with Gasteiger partial charge in [-0.2, -0.15) is 0 Å². The molecule has 1 N–H and O–H groups in total. The maximum absolute atomic E-state index is 12.9. The predicted octanol–water partition coefficient (Wildman–Crippen LogP) is 4.19. The molecule has 0 unspecified atom stereocenters. The highest BCUT2D eigenvalue weighted by Gasteiger charge is 2.31. The van der Waals surface area contributed by atoms with Crippen molar-refractivity contribution in [2.45, 2.75) is 51.0 Å². The van der Waals surface area contributed by atoms with Crippen molar-refractivity contribution in [3.63, 3.8) is 0 Å². The van der Waals surface area contributed by atoms with Crippen molar-refractivity contribution >= 4 is 54.0 Å². The number of nitrogens with one attached hydrogen (secondary N) is 1. The van der Waals surface area contributed by atoms with Crippen LogP contribution in [-0.4, -0.2) is 43.6 Å². The number of hydrogen-bond acceptors (Lipinski definition) is 7. The largest absolute Gasteiger partial charge is 0.494 e. The molecule has 0 bridgehead atoms. The van der Waals surface area contributed by atoms with E-state index in [0.29, 0.717) is 24.6 Å². The first-order valence-electron chi connectivity index (χ1n) is 11.2. The van der Waals surface area contributed by atoms with E-state index in [1.54, 1.807) is 17.0 Å². The van der Waals surface area contributed by atoms with Crippen LogP contribution in [0.3, 0.4) is 0 Å². The number of carbonyl (C=O) groups excluding carboxylic acids is 2. The number of hydrogen-bond donors (Lipinski definition) is 1. The van der Waals surface area contributed by atoms with E-state index < -0.39 is 15.7 Å². The number of benzene rings is 2. The molecular weight excluding hydrogens is 474 g/mol. The summed E-state index contributed by atoms with van der Waals surface area (Å²) in [5.41, 5.74) is 2.33. The molecule has 0 fully saturated rings. The summed E-state index contributed by atoms with van der Waals surface area (Å²) in [6.45, 7) is 6.22. The molecule has 1 aromatic heterocycles. The number of fused-ring (bicyclic) bond motifs is 2. The van der Waals surface area contributed by atoms with Gasteiger partial charge in [-0.15, -0.1) is 0 Å². The van der Waals surface area contributed by atoms with Crippen molar-refractivity contribution in [2.24, 2.45) is 0 Å². The number of anilines is 2. The Morgan fingerprint density at radius 1 is 1.21 bits per heavy atom. The maximum Gasteiger partial charge on any atom is 0.227 e. The molecule has 34 heavy (non-hydrogen) atoms. The summed E-state index contributed by atoms with van der Waals surface area (Å²) in [5, 5.41) is 3.11. The van der Waals surface area contributed by atoms with Crippen molar-refractivity contribution in [2.75, 3.05) is 22.6 Å². The van der Waals surface area contributed by atoms with Crippen molar-refractivity contribution in [3.05, 3.63) is 42.0 Å². The summed E-state index contributed by atoms with van der Waals surface area (Å²) in [7, 11) is -3.66. The number of rotatable bonds is 8. The lowest BCUT2D eigenvalue weighted by atomic mass is 10.1. The van der Waals surface area contributed by atoms with Crippen LogP contribution in [-0.2, 0) is 25.8 Å². The van der Waals surface area contributed by atoms with Gasteiger partial charge in [-0.1, -0.05) is 18.3 Å². The Labute approximate surface area is 202 Å². The third-order valence-corrected chi connectivity index (χ3v) is 8.36. The second kappa shape index (κ2) is 9.71. The second-order valence-corrected chi connectivity index (χ2v) is 11.3. The molecule has 0 saturated heterocycles. The van der Waals surface area contributed by atoms with Gasteiger partial charge in [0.15, 0.2) is 15.0 Å². The van der Waals surface area contributed by atoms with Gasteiger partial charge in [-0.05, 0) is 62.2 Å². The number of amides is 2. The molecule has 2 heterocycles. The van der Waals surface area contributed by atoms with Crippen molar-refractivity contribution in [3.8, 4) is 5.75 Å². The van der Waals surface area contributed by atoms with E-state index in [1.165, 1.54) is 17.4 Å². The van der Waals surface area contributed by atoms with Gasteiger partial charge in [0.2, 0.25) is 11.8 Å². The van der Waals surface area contributed by atoms with Crippen LogP contribution >= 0.6 is 11.3 Å². The highest BCUT2D eigenvalue weighted by atomic mass is 32.2. The van der Waals surface area contributed by atoms with Gasteiger partial charge in [0.1, 0.15) is 5.75 Å². The molecule has 180 valence electrons. The Morgan fingerprint density at radius 3 is 2.74 bits per heavy atom. The third-order valence-electron chi connectivity index (χ3n) is 5.71. The summed E-state index contributed by atoms with van der Waals surface area (Å²) >= 11 is 1.31. The minimum absolute atomic E-state index is 0.00962. The molecule has 1 aliphatic heterocycles. The van der Waals surface area contributed by atoms with Gasteiger partial charge < -0.3 is 15.0 Å². The molecular formula is C24H27N3O5S2. The predicted molar refractivity (Wildman–Crippen MR) is 133 cm³/mol. The highest BCUT2D eigenvalue weighted by molar-refractivity contribution is 7.91. The van der Waals surface area contributed by atoms with E-state index in [0.717, 1.165) is 27.2 Å². The highest BCUT2D eigenvalue weighted by Crippen LogP contribution is 2.35. The van der Waals surface area contributed by atoms with Crippen LogP contribution < -0.4 is 15.0 Å². The van der Waals surface area contributed by atoms with Crippen LogP contribution in [0.2, 0.25) is 0 Å². The fourth-order valence-corrected chi connectivity index (χ4v) is 6.29. The number of sulfone groups is 1. The first-order valence-corrected chi connectivity index (χ1v) is 13.7. The number of nitrogens with zero attached hydrogens (tertiary/aromatic N) is 2. The van der Waals surface area contributed by atoms with Crippen LogP contribution in [0.15, 0.2) is 41.3 Å². The van der Waals surface area contributed by atoms with Gasteiger partial charge in [0.05, 0.1) is 27.5 Å². The van der Waals surface area contributed by atoms with Gasteiger partial charge >= 0.3 is 0 Å². The molecule has 0 radical (unpaired) electrons. The van der Waals surface area contributed by atoms with E-state index in [4.69, 9.17) is 4.74 Å². The molecule has 2 aromatic carbocycles. The Hall–Kier alpha value is -2.98. The van der Waals surface area contributed by atoms with Crippen LogP contribution in [0, 0.1) is 0 Å². The number of ether oxygens (including phenoxy) is 1. The van der Waals surface area contributed by atoms with Crippen molar-refractivity contribution in [1.82, 2.24) is 4.98 Å². The van der Waals surface area contributed by atoms with E-state index in [2.05, 4.69) is 10.3 Å². The summed E-state index contributed by atoms with van der Waals surface area (Å²) in [6.07, 6.45) is 0.811. The molecule has 0 aliphatic carbocycles. The molecule has 10 heteroatoms. The fraction of sp³-hybridized carbons (Fsp3) is 0.375. The lowest BCUT2D eigenvalue weighted by Gasteiger charge is -2.22. The summed E-state index contributed by atoms with van der Waals surface area (Å²) in [5.74, 6) is 0.0163. The molecule has 8 nitrogen and oxygen atoms in total. The zero-order valence-electron chi connectivity index (χ0n) is 19.3. The standard InChI is InChI=1S/C24H27N3O5S2/c1-4-23(29)27-15(3)12-16-13-18(7-9-20(16)27)34(30,31)11-10-22(28)26-24-25-19-8-6-17(32-5-2)14-21(19)33-24/h6-9,13-15H,4-5,10-12H2,1-3H3,(H,25,26,28)/t15-/m0/s1. The molecule has 0 spiro atoms. The van der Waals surface area contributed by atoms with Gasteiger partial charge in [-0.25, -0.2) is 13.4 Å². The molecule has 0 saturated carbocycles. The number of carbonyl (C=O) groups is 2. The lowest BCUT2D eigenvalue weighted by molar-refractivity contribution is -0.118. The van der Waals surface area contributed by atoms with Gasteiger partial charge in [0, 0.05) is 24.6 Å². The second-order valence-electron chi connectivity index (χ2n) is 8.16. The first-order chi connectivity index (χ1) is 16.2. The minimum atomic E-state index is -3.66.